The minimum atomic E-state index is -0.477. The molecule has 1 aromatic heterocycles. The maximum Gasteiger partial charge on any atom is 0.309 e. The molecule has 1 aliphatic rings. The van der Waals surface area contributed by atoms with Crippen LogP contribution in [0.5, 0.6) is 5.75 Å². The summed E-state index contributed by atoms with van der Waals surface area (Å²) in [5.41, 5.74) is 0.253. The SMILES string of the molecule is CC(C)(C)OC(=O)C1CC(OCCOc2ccc(-c3cc(=O)c4ccc(Br)c(Cl)c4o3)cc2Cl)C1. The zero-order valence-electron chi connectivity index (χ0n) is 19.5. The second kappa shape index (κ2) is 10.5. The number of fused-ring (bicyclic) bond motifs is 1. The van der Waals surface area contributed by atoms with E-state index >= 15 is 0 Å². The number of halogens is 3. The minimum absolute atomic E-state index is 0.0247. The fourth-order valence-electron chi connectivity index (χ4n) is 3.72. The molecule has 9 heteroatoms. The highest BCUT2D eigenvalue weighted by Gasteiger charge is 2.37. The fraction of sp³-hybridized carbons (Fsp3) is 0.385. The van der Waals surface area contributed by atoms with Crippen LogP contribution in [0.4, 0.5) is 0 Å². The van der Waals surface area contributed by atoms with Gasteiger partial charge in [-0.25, -0.2) is 0 Å². The zero-order valence-corrected chi connectivity index (χ0v) is 22.6. The van der Waals surface area contributed by atoms with Gasteiger partial charge in [0, 0.05) is 16.1 Å². The van der Waals surface area contributed by atoms with Crippen molar-refractivity contribution in [3.63, 3.8) is 0 Å². The van der Waals surface area contributed by atoms with Crippen LogP contribution in [0.2, 0.25) is 10.0 Å². The molecule has 3 aromatic rings. The van der Waals surface area contributed by atoms with E-state index in [9.17, 15) is 9.59 Å². The Morgan fingerprint density at radius 3 is 2.54 bits per heavy atom. The lowest BCUT2D eigenvalue weighted by Gasteiger charge is -2.35. The van der Waals surface area contributed by atoms with E-state index < -0.39 is 5.60 Å². The smallest absolute Gasteiger partial charge is 0.309 e. The molecule has 1 saturated carbocycles. The lowest BCUT2D eigenvalue weighted by atomic mass is 9.82. The predicted octanol–water partition coefficient (Wildman–Crippen LogP) is 7.05. The number of carbonyl (C=O) groups is 1. The van der Waals surface area contributed by atoms with Gasteiger partial charge < -0.3 is 18.6 Å². The second-order valence-corrected chi connectivity index (χ2v) is 11.0. The number of rotatable bonds is 7. The standard InChI is InChI=1S/C26H25BrCl2O6/c1-26(2,3)35-25(31)15-10-16(11-15)32-8-9-33-21-7-4-14(12-19(21)28)22-13-20(30)17-5-6-18(27)23(29)24(17)34-22/h4-7,12-13,15-16H,8-11H2,1-3H3. The summed E-state index contributed by atoms with van der Waals surface area (Å²) in [7, 11) is 0. The van der Waals surface area contributed by atoms with Crippen LogP contribution in [-0.2, 0) is 14.3 Å². The molecule has 0 unspecified atom stereocenters. The highest BCUT2D eigenvalue weighted by atomic mass is 79.9. The molecule has 0 radical (unpaired) electrons. The van der Waals surface area contributed by atoms with Crippen LogP contribution in [0, 0.1) is 5.92 Å². The molecular weight excluding hydrogens is 559 g/mol. The van der Waals surface area contributed by atoms with Gasteiger partial charge in [0.05, 0.1) is 34.1 Å². The van der Waals surface area contributed by atoms with E-state index in [1.807, 2.05) is 20.8 Å². The Balaban J connectivity index is 1.32. The highest BCUT2D eigenvalue weighted by molar-refractivity contribution is 9.10. The average molecular weight is 584 g/mol. The van der Waals surface area contributed by atoms with Gasteiger partial charge >= 0.3 is 5.97 Å². The first-order valence-corrected chi connectivity index (χ1v) is 12.8. The van der Waals surface area contributed by atoms with Crippen molar-refractivity contribution in [3.05, 3.63) is 61.1 Å². The summed E-state index contributed by atoms with van der Waals surface area (Å²) in [4.78, 5) is 24.6. The molecule has 0 bridgehead atoms. The maximum atomic E-state index is 12.5. The molecule has 0 amide bonds. The molecule has 1 fully saturated rings. The number of ether oxygens (including phenoxy) is 3. The van der Waals surface area contributed by atoms with Crippen molar-refractivity contribution in [1.29, 1.82) is 0 Å². The third kappa shape index (κ3) is 6.20. The third-order valence-corrected chi connectivity index (χ3v) is 7.10. The van der Waals surface area contributed by atoms with Crippen LogP contribution in [0.3, 0.4) is 0 Å². The van der Waals surface area contributed by atoms with Crippen molar-refractivity contribution < 1.29 is 23.4 Å². The van der Waals surface area contributed by atoms with Crippen LogP contribution in [0.25, 0.3) is 22.3 Å². The van der Waals surface area contributed by atoms with E-state index in [4.69, 9.17) is 41.8 Å². The quantitative estimate of drug-likeness (QED) is 0.219. The number of hydrogen-bond acceptors (Lipinski definition) is 6. The third-order valence-electron chi connectivity index (χ3n) is 5.54. The van der Waals surface area contributed by atoms with Crippen LogP contribution in [-0.4, -0.2) is 30.9 Å². The predicted molar refractivity (Wildman–Crippen MR) is 139 cm³/mol. The van der Waals surface area contributed by atoms with Crippen molar-refractivity contribution >= 4 is 56.1 Å². The Morgan fingerprint density at radius 2 is 1.86 bits per heavy atom. The molecule has 0 aliphatic heterocycles. The number of hydrogen-bond donors (Lipinski definition) is 0. The summed E-state index contributed by atoms with van der Waals surface area (Å²) in [5.74, 6) is 0.567. The van der Waals surface area contributed by atoms with Crippen LogP contribution >= 0.6 is 39.1 Å². The first kappa shape index (κ1) is 26.0. The van der Waals surface area contributed by atoms with Gasteiger partial charge in [0.2, 0.25) is 0 Å². The van der Waals surface area contributed by atoms with Crippen molar-refractivity contribution in [2.45, 2.75) is 45.3 Å². The Kier molecular flexibility index (Phi) is 7.81. The minimum Gasteiger partial charge on any atom is -0.490 e. The Morgan fingerprint density at radius 1 is 1.11 bits per heavy atom. The molecule has 2 aromatic carbocycles. The Bertz CT molecular complexity index is 1310. The lowest BCUT2D eigenvalue weighted by molar-refractivity contribution is -0.169. The monoisotopic (exact) mass is 582 g/mol. The zero-order chi connectivity index (χ0) is 25.3. The van der Waals surface area contributed by atoms with E-state index in [2.05, 4.69) is 15.9 Å². The van der Waals surface area contributed by atoms with Gasteiger partial charge in [-0.15, -0.1) is 0 Å². The summed E-state index contributed by atoms with van der Waals surface area (Å²) in [6.45, 7) is 6.26. The van der Waals surface area contributed by atoms with Gasteiger partial charge in [0.15, 0.2) is 11.0 Å². The largest absolute Gasteiger partial charge is 0.490 e. The van der Waals surface area contributed by atoms with Crippen molar-refractivity contribution in [2.75, 3.05) is 13.2 Å². The molecule has 0 atom stereocenters. The number of benzene rings is 2. The Labute approximate surface area is 221 Å². The van der Waals surface area contributed by atoms with Crippen LogP contribution in [0.1, 0.15) is 33.6 Å². The van der Waals surface area contributed by atoms with Crippen LogP contribution in [0.15, 0.2) is 50.1 Å². The van der Waals surface area contributed by atoms with Gasteiger partial charge in [-0.2, -0.15) is 0 Å². The number of carbonyl (C=O) groups excluding carboxylic acids is 1. The number of esters is 1. The molecule has 4 rings (SSSR count). The molecule has 0 N–H and O–H groups in total. The lowest BCUT2D eigenvalue weighted by Crippen LogP contribution is -2.40. The van der Waals surface area contributed by atoms with E-state index in [0.717, 1.165) is 0 Å². The van der Waals surface area contributed by atoms with Gasteiger partial charge in [0.25, 0.3) is 0 Å². The fourth-order valence-corrected chi connectivity index (χ4v) is 4.47. The molecule has 1 aliphatic carbocycles. The summed E-state index contributed by atoms with van der Waals surface area (Å²) >= 11 is 16.1. The first-order valence-electron chi connectivity index (χ1n) is 11.2. The van der Waals surface area contributed by atoms with E-state index in [1.165, 1.54) is 6.07 Å². The van der Waals surface area contributed by atoms with Gasteiger partial charge in [0.1, 0.15) is 23.7 Å². The summed E-state index contributed by atoms with van der Waals surface area (Å²) in [6, 6.07) is 9.93. The van der Waals surface area contributed by atoms with Crippen molar-refractivity contribution in [3.8, 4) is 17.1 Å². The van der Waals surface area contributed by atoms with E-state index in [1.54, 1.807) is 30.3 Å². The summed E-state index contributed by atoms with van der Waals surface area (Å²) < 4.78 is 23.5. The van der Waals surface area contributed by atoms with Gasteiger partial charge in [-0.3, -0.25) is 9.59 Å². The highest BCUT2D eigenvalue weighted by Crippen LogP contribution is 2.35. The van der Waals surface area contributed by atoms with Crippen molar-refractivity contribution in [2.24, 2.45) is 5.92 Å². The van der Waals surface area contributed by atoms with Crippen molar-refractivity contribution in [1.82, 2.24) is 0 Å². The van der Waals surface area contributed by atoms with Crippen LogP contribution < -0.4 is 10.2 Å². The maximum absolute atomic E-state index is 12.5. The molecule has 35 heavy (non-hydrogen) atoms. The Hall–Kier alpha value is -2.06. The molecule has 186 valence electrons. The normalized spacial score (nSPS) is 17.8. The topological polar surface area (TPSA) is 75.0 Å². The van der Waals surface area contributed by atoms with E-state index in [0.29, 0.717) is 68.6 Å². The molecule has 1 heterocycles. The average Bonchev–Trinajstić information content (AvgIpc) is 2.74. The molecular formula is C26H25BrCl2O6. The first-order chi connectivity index (χ1) is 16.5. The van der Waals surface area contributed by atoms with Gasteiger partial charge in [-0.05, 0) is 79.9 Å². The van der Waals surface area contributed by atoms with E-state index in [-0.39, 0.29) is 23.4 Å². The molecule has 6 nitrogen and oxygen atoms in total. The summed E-state index contributed by atoms with van der Waals surface area (Å²) in [5, 5.41) is 1.10. The molecule has 0 spiro atoms. The second-order valence-electron chi connectivity index (χ2n) is 9.40. The molecule has 0 saturated heterocycles. The summed E-state index contributed by atoms with van der Waals surface area (Å²) in [6.07, 6.45) is 1.33. The van der Waals surface area contributed by atoms with Gasteiger partial charge in [-0.1, -0.05) is 23.2 Å².